The van der Waals surface area contributed by atoms with Gasteiger partial charge in [0, 0.05) is 6.42 Å². The summed E-state index contributed by atoms with van der Waals surface area (Å²) in [6.07, 6.45) is 74.1. The van der Waals surface area contributed by atoms with Gasteiger partial charge in [-0.2, -0.15) is 0 Å². The van der Waals surface area contributed by atoms with Crippen LogP contribution in [0.4, 0.5) is 0 Å². The molecule has 0 radical (unpaired) electrons. The second-order valence-electron chi connectivity index (χ2n) is 20.4. The summed E-state index contributed by atoms with van der Waals surface area (Å²) in [7, 11) is 1.09. The lowest BCUT2D eigenvalue weighted by Crippen LogP contribution is -2.51. The van der Waals surface area contributed by atoms with Gasteiger partial charge in [0.1, 0.15) is 19.3 Å². The highest BCUT2D eigenvalue weighted by atomic mass is 31.2. The van der Waals surface area contributed by atoms with Crippen LogP contribution < -0.4 is 10.2 Å². The maximum Gasteiger partial charge on any atom is 0.268 e. The number of nitrogens with zero attached hydrogens (tertiary/aromatic N) is 1. The molecule has 73 heavy (non-hydrogen) atoms. The van der Waals surface area contributed by atoms with E-state index < -0.39 is 32.7 Å². The molecule has 10 heteroatoms. The minimum absolute atomic E-state index is 0.0532. The number of hydrogen-bond donors (Lipinski definition) is 3. The lowest BCUT2D eigenvalue weighted by atomic mass is 10.0. The third kappa shape index (κ3) is 53.5. The fraction of sp³-hybridized carbons (Fsp3) is 0.667. The lowest BCUT2D eigenvalue weighted by Gasteiger charge is -2.31. The zero-order chi connectivity index (χ0) is 53.6. The quantitative estimate of drug-likeness (QED) is 0.0240. The average Bonchev–Trinajstić information content (AvgIpc) is 3.35. The molecule has 0 aliphatic heterocycles. The first-order valence-corrected chi connectivity index (χ1v) is 30.4. The number of unbranched alkanes of at least 4 members (excludes halogenated alkanes) is 17. The molecule has 0 aliphatic carbocycles. The average molecular weight is 1040 g/mol. The minimum Gasteiger partial charge on any atom is -0.756 e. The molecule has 0 bridgehead atoms. The molecule has 0 rings (SSSR count). The van der Waals surface area contributed by atoms with Gasteiger partial charge in [0.25, 0.3) is 7.82 Å². The van der Waals surface area contributed by atoms with Crippen molar-refractivity contribution < 1.29 is 38.0 Å². The van der Waals surface area contributed by atoms with Crippen molar-refractivity contribution in [1.29, 1.82) is 0 Å². The fourth-order valence-electron chi connectivity index (χ4n) is 7.72. The van der Waals surface area contributed by atoms with Gasteiger partial charge in [-0.3, -0.25) is 9.36 Å². The molecule has 9 nitrogen and oxygen atoms in total. The second kappa shape index (κ2) is 52.3. The van der Waals surface area contributed by atoms with Crippen molar-refractivity contribution in [3.63, 3.8) is 0 Å². The van der Waals surface area contributed by atoms with Gasteiger partial charge in [0.05, 0.1) is 39.9 Å². The van der Waals surface area contributed by atoms with E-state index in [4.69, 9.17) is 9.05 Å². The van der Waals surface area contributed by atoms with Crippen molar-refractivity contribution in [3.05, 3.63) is 122 Å². The molecule has 0 aromatic carbocycles. The molecular formula is C63H109N2O7P. The molecule has 0 aliphatic rings. The summed E-state index contributed by atoms with van der Waals surface area (Å²) in [5, 5.41) is 24.7. The Morgan fingerprint density at radius 3 is 1.27 bits per heavy atom. The minimum atomic E-state index is -4.69. The van der Waals surface area contributed by atoms with Gasteiger partial charge >= 0.3 is 0 Å². The zero-order valence-corrected chi connectivity index (χ0v) is 48.0. The number of quaternary nitrogens is 1. The van der Waals surface area contributed by atoms with Crippen molar-refractivity contribution >= 4 is 13.7 Å². The van der Waals surface area contributed by atoms with Gasteiger partial charge < -0.3 is 34.0 Å². The molecule has 4 atom stereocenters. The standard InChI is InChI=1S/C63H109N2O7P/c1-6-8-10-12-14-16-18-20-21-22-23-24-25-26-27-28-29-30-31-32-33-34-35-36-37-38-39-40-41-42-43-44-46-48-50-52-54-56-62(67)64-60(59-72-73(69,70)71-58-57-65(3,4)5)63(68)61(66)55-53-51-49-47-45-19-17-15-13-11-9-7-2/h8,10,14,16,20-21,23-24,26-27,29-30,32-33,35-36,38-39,47,49,60-61,63,66,68H,6-7,9,11-13,15,17-19,22,25,28,31,34,37,40-46,48,50-59H2,1-5H3,(H-,64,67,69,70)/b10-8-,16-14-,21-20-,24-23-,27-26-,30-29-,33-32-,36-35-,39-38-,49-47+. The van der Waals surface area contributed by atoms with Crippen LogP contribution in [0.25, 0.3) is 0 Å². The summed E-state index contributed by atoms with van der Waals surface area (Å²) in [5.74, 6) is -0.300. The number of phosphoric acid groups is 1. The normalized spacial score (nSPS) is 15.2. The van der Waals surface area contributed by atoms with E-state index in [1.807, 2.05) is 21.1 Å². The summed E-state index contributed by atoms with van der Waals surface area (Å²) in [6.45, 7) is 4.27. The number of rotatable bonds is 51. The van der Waals surface area contributed by atoms with Crippen molar-refractivity contribution in [1.82, 2.24) is 5.32 Å². The van der Waals surface area contributed by atoms with Crippen LogP contribution >= 0.6 is 7.82 Å². The smallest absolute Gasteiger partial charge is 0.268 e. The highest BCUT2D eigenvalue weighted by Crippen LogP contribution is 2.38. The van der Waals surface area contributed by atoms with Crippen LogP contribution in [0.5, 0.6) is 0 Å². The number of likely N-dealkylation sites (N-methyl/N-ethyl adjacent to an activating group) is 1. The predicted molar refractivity (Wildman–Crippen MR) is 312 cm³/mol. The second-order valence-corrected chi connectivity index (χ2v) is 21.8. The third-order valence-electron chi connectivity index (χ3n) is 12.3. The van der Waals surface area contributed by atoms with Gasteiger partial charge in [-0.15, -0.1) is 0 Å². The Hall–Kier alpha value is -3.14. The number of carbonyl (C=O) groups is 1. The van der Waals surface area contributed by atoms with Gasteiger partial charge in [-0.05, 0) is 109 Å². The van der Waals surface area contributed by atoms with Crippen LogP contribution in [0, 0.1) is 0 Å². The van der Waals surface area contributed by atoms with Crippen LogP contribution in [-0.2, 0) is 18.4 Å². The van der Waals surface area contributed by atoms with Gasteiger partial charge in [0.2, 0.25) is 5.91 Å². The van der Waals surface area contributed by atoms with Gasteiger partial charge in [-0.25, -0.2) is 0 Å². The topological polar surface area (TPSA) is 128 Å². The van der Waals surface area contributed by atoms with Crippen molar-refractivity contribution in [2.24, 2.45) is 0 Å². The molecule has 0 fully saturated rings. The van der Waals surface area contributed by atoms with Gasteiger partial charge in [0.15, 0.2) is 0 Å². The zero-order valence-electron chi connectivity index (χ0n) is 47.2. The Balaban J connectivity index is 4.20. The SMILES string of the molecule is CC/C=C\C/C=C\C/C=C\C/C=C\C/C=C\C/C=C\C/C=C\C/C=C\C/C=C\CCCCCCCCCCCC(=O)NC(COP(=O)([O-])OCC[N+](C)(C)C)C(O)C(O)CCC/C=C/CCCCCCCCC. The largest absolute Gasteiger partial charge is 0.756 e. The Kier molecular flexibility index (Phi) is 50.1. The van der Waals surface area contributed by atoms with E-state index in [1.54, 1.807) is 0 Å². The molecule has 3 N–H and O–H groups in total. The Bertz CT molecular complexity index is 1620. The van der Waals surface area contributed by atoms with Gasteiger partial charge in [-0.1, -0.05) is 219 Å². The summed E-state index contributed by atoms with van der Waals surface area (Å²) < 4.78 is 23.2. The van der Waals surface area contributed by atoms with E-state index in [9.17, 15) is 24.5 Å². The Labute approximate surface area is 448 Å². The highest BCUT2D eigenvalue weighted by Gasteiger charge is 2.29. The van der Waals surface area contributed by atoms with E-state index in [0.717, 1.165) is 96.3 Å². The molecular weight excluding hydrogens is 928 g/mol. The summed E-state index contributed by atoms with van der Waals surface area (Å²) in [6, 6.07) is -1.10. The van der Waals surface area contributed by atoms with E-state index >= 15 is 0 Å². The van der Waals surface area contributed by atoms with Crippen LogP contribution in [0.1, 0.15) is 213 Å². The first-order chi connectivity index (χ1) is 35.4. The first kappa shape index (κ1) is 69.9. The fourth-order valence-corrected chi connectivity index (χ4v) is 8.44. The first-order valence-electron chi connectivity index (χ1n) is 29.0. The number of carbonyl (C=O) groups excluding carboxylic acids is 1. The summed E-state index contributed by atoms with van der Waals surface area (Å²) in [5.41, 5.74) is 0. The molecule has 0 aromatic rings. The highest BCUT2D eigenvalue weighted by molar-refractivity contribution is 7.45. The molecule has 0 spiro atoms. The van der Waals surface area contributed by atoms with Crippen molar-refractivity contribution in [2.45, 2.75) is 231 Å². The Morgan fingerprint density at radius 1 is 0.507 bits per heavy atom. The number of phosphoric ester groups is 1. The molecule has 0 saturated heterocycles. The maximum absolute atomic E-state index is 13.0. The van der Waals surface area contributed by atoms with Crippen molar-refractivity contribution in [2.75, 3.05) is 40.9 Å². The van der Waals surface area contributed by atoms with E-state index in [-0.39, 0.29) is 18.9 Å². The third-order valence-corrected chi connectivity index (χ3v) is 13.2. The van der Waals surface area contributed by atoms with Crippen LogP contribution in [-0.4, -0.2) is 79.8 Å². The number of nitrogens with one attached hydrogen (secondary N) is 1. The predicted octanol–water partition coefficient (Wildman–Crippen LogP) is 16.1. The molecule has 4 unspecified atom stereocenters. The summed E-state index contributed by atoms with van der Waals surface area (Å²) >= 11 is 0. The van der Waals surface area contributed by atoms with E-state index in [0.29, 0.717) is 30.3 Å². The molecule has 1 amide bonds. The van der Waals surface area contributed by atoms with Crippen LogP contribution in [0.15, 0.2) is 122 Å². The molecule has 0 aromatic heterocycles. The van der Waals surface area contributed by atoms with Crippen molar-refractivity contribution in [3.8, 4) is 0 Å². The number of aliphatic hydroxyl groups excluding tert-OH is 2. The number of amides is 1. The lowest BCUT2D eigenvalue weighted by molar-refractivity contribution is -0.870. The summed E-state index contributed by atoms with van der Waals surface area (Å²) in [4.78, 5) is 25.5. The molecule has 0 heterocycles. The maximum atomic E-state index is 13.0. The number of hydrogen-bond acceptors (Lipinski definition) is 7. The van der Waals surface area contributed by atoms with E-state index in [2.05, 4.69) is 141 Å². The van der Waals surface area contributed by atoms with E-state index in [1.165, 1.54) is 77.0 Å². The number of aliphatic hydroxyl groups is 2. The van der Waals surface area contributed by atoms with Crippen LogP contribution in [0.2, 0.25) is 0 Å². The monoisotopic (exact) mass is 1040 g/mol. The molecule has 0 saturated carbocycles. The molecule has 418 valence electrons. The number of allylic oxidation sites excluding steroid dienone is 20. The Morgan fingerprint density at radius 2 is 0.863 bits per heavy atom. The van der Waals surface area contributed by atoms with Crippen LogP contribution in [0.3, 0.4) is 0 Å².